The Labute approximate surface area is 244 Å². The van der Waals surface area contributed by atoms with Gasteiger partial charge in [0.2, 0.25) is 0 Å². The highest BCUT2D eigenvalue weighted by atomic mass is 35.5. The predicted octanol–water partition coefficient (Wildman–Crippen LogP) is 8.75. The largest absolute Gasteiger partial charge is 0.497 e. The minimum absolute atomic E-state index is 0.246. The second-order valence-corrected chi connectivity index (χ2v) is 12.0. The average Bonchev–Trinajstić information content (AvgIpc) is 2.96. The van der Waals surface area contributed by atoms with Crippen molar-refractivity contribution in [2.45, 2.75) is 83.3 Å². The molecule has 0 amide bonds. The van der Waals surface area contributed by atoms with E-state index in [0.717, 1.165) is 40.7 Å². The minimum atomic E-state index is -0.570. The number of hydrogen-bond donors (Lipinski definition) is 1. The third-order valence-electron chi connectivity index (χ3n) is 8.17. The molecule has 3 aromatic rings. The van der Waals surface area contributed by atoms with Crippen LogP contribution in [-0.4, -0.2) is 25.4 Å². The Kier molecular flexibility index (Phi) is 9.56. The van der Waals surface area contributed by atoms with Crippen LogP contribution in [0.1, 0.15) is 75.2 Å². The Morgan fingerprint density at radius 1 is 0.925 bits per heavy atom. The van der Waals surface area contributed by atoms with Gasteiger partial charge >= 0.3 is 0 Å². The highest BCUT2D eigenvalue weighted by molar-refractivity contribution is 6.30. The van der Waals surface area contributed by atoms with Crippen LogP contribution in [0.2, 0.25) is 5.02 Å². The lowest BCUT2D eigenvalue weighted by Gasteiger charge is -2.44. The number of benzene rings is 3. The Bertz CT molecular complexity index is 1240. The first kappa shape index (κ1) is 28.8. The minimum Gasteiger partial charge on any atom is -0.497 e. The first-order valence-corrected chi connectivity index (χ1v) is 15.0. The van der Waals surface area contributed by atoms with Gasteiger partial charge in [-0.3, -0.25) is 0 Å². The van der Waals surface area contributed by atoms with E-state index >= 15 is 0 Å². The van der Waals surface area contributed by atoms with Gasteiger partial charge in [0.1, 0.15) is 29.3 Å². The fraction of sp³-hybridized carbons (Fsp3) is 0.471. The van der Waals surface area contributed by atoms with Gasteiger partial charge in [0.15, 0.2) is 0 Å². The molecule has 0 radical (unpaired) electrons. The highest BCUT2D eigenvalue weighted by Gasteiger charge is 2.45. The van der Waals surface area contributed by atoms with Crippen LogP contribution in [0.4, 0.5) is 5.69 Å². The standard InChI is InChI=1S/C34H42ClNO4/c1-34(2)33(39-23-26-10-7-11-27(35)20-26)32(38-19-18-24-8-5-4-6-9-24)30-21-28(14-17-31(30)40-34)36-22-25-12-15-29(37-3)16-13-25/h7,10-17,20-21,24,32-33,36H,4-6,8-9,18-19,22-23H2,1-3H3. The SMILES string of the molecule is COc1ccc(CNc2ccc3c(c2)C(OCCC2CCCCC2)C(OCc2cccc(Cl)c2)C(C)(C)O3)cc1. The molecule has 0 aromatic heterocycles. The van der Waals surface area contributed by atoms with Gasteiger partial charge in [-0.25, -0.2) is 0 Å². The molecule has 1 aliphatic heterocycles. The van der Waals surface area contributed by atoms with Gasteiger partial charge in [0.05, 0.1) is 13.7 Å². The fourth-order valence-corrected chi connectivity index (χ4v) is 6.12. The molecule has 6 heteroatoms. The van der Waals surface area contributed by atoms with Crippen LogP contribution in [0.5, 0.6) is 11.5 Å². The molecule has 5 rings (SSSR count). The molecule has 1 N–H and O–H groups in total. The molecule has 1 saturated carbocycles. The third-order valence-corrected chi connectivity index (χ3v) is 8.41. The lowest BCUT2D eigenvalue weighted by atomic mass is 9.86. The topological polar surface area (TPSA) is 49.0 Å². The molecule has 2 aliphatic rings. The molecule has 1 aliphatic carbocycles. The molecular formula is C34H42ClNO4. The van der Waals surface area contributed by atoms with Crippen molar-refractivity contribution in [2.24, 2.45) is 5.92 Å². The summed E-state index contributed by atoms with van der Waals surface area (Å²) in [6.07, 6.45) is 7.22. The van der Waals surface area contributed by atoms with Crippen molar-refractivity contribution in [3.63, 3.8) is 0 Å². The van der Waals surface area contributed by atoms with Gasteiger partial charge in [-0.05, 0) is 79.8 Å². The van der Waals surface area contributed by atoms with Crippen molar-refractivity contribution >= 4 is 17.3 Å². The van der Waals surface area contributed by atoms with E-state index in [1.165, 1.54) is 37.7 Å². The molecule has 0 bridgehead atoms. The van der Waals surface area contributed by atoms with Crippen LogP contribution < -0.4 is 14.8 Å². The molecule has 2 atom stereocenters. The number of fused-ring (bicyclic) bond motifs is 1. The van der Waals surface area contributed by atoms with Crippen molar-refractivity contribution in [3.05, 3.63) is 88.4 Å². The van der Waals surface area contributed by atoms with Crippen molar-refractivity contribution in [3.8, 4) is 11.5 Å². The van der Waals surface area contributed by atoms with Gasteiger partial charge in [0.25, 0.3) is 0 Å². The molecule has 40 heavy (non-hydrogen) atoms. The maximum absolute atomic E-state index is 6.74. The summed E-state index contributed by atoms with van der Waals surface area (Å²) in [7, 11) is 1.68. The Morgan fingerprint density at radius 2 is 1.73 bits per heavy atom. The zero-order valence-electron chi connectivity index (χ0n) is 24.0. The Morgan fingerprint density at radius 3 is 2.48 bits per heavy atom. The maximum Gasteiger partial charge on any atom is 0.132 e. The van der Waals surface area contributed by atoms with Crippen LogP contribution >= 0.6 is 11.6 Å². The van der Waals surface area contributed by atoms with Gasteiger partial charge in [-0.15, -0.1) is 0 Å². The fourth-order valence-electron chi connectivity index (χ4n) is 5.91. The summed E-state index contributed by atoms with van der Waals surface area (Å²) in [4.78, 5) is 0. The van der Waals surface area contributed by atoms with Gasteiger partial charge < -0.3 is 24.3 Å². The normalized spacial score (nSPS) is 20.4. The molecule has 1 fully saturated rings. The smallest absolute Gasteiger partial charge is 0.132 e. The predicted molar refractivity (Wildman–Crippen MR) is 161 cm³/mol. The van der Waals surface area contributed by atoms with E-state index in [4.69, 9.17) is 30.5 Å². The van der Waals surface area contributed by atoms with Crippen molar-refractivity contribution in [1.82, 2.24) is 0 Å². The van der Waals surface area contributed by atoms with E-state index in [9.17, 15) is 0 Å². The molecule has 5 nitrogen and oxygen atoms in total. The highest BCUT2D eigenvalue weighted by Crippen LogP contribution is 2.45. The van der Waals surface area contributed by atoms with E-state index < -0.39 is 5.60 Å². The molecular weight excluding hydrogens is 522 g/mol. The first-order valence-electron chi connectivity index (χ1n) is 14.6. The van der Waals surface area contributed by atoms with E-state index in [0.29, 0.717) is 24.8 Å². The third kappa shape index (κ3) is 7.31. The summed E-state index contributed by atoms with van der Waals surface area (Å²) in [5.41, 5.74) is 3.69. The van der Waals surface area contributed by atoms with Crippen molar-refractivity contribution in [1.29, 1.82) is 0 Å². The number of halogens is 1. The summed E-state index contributed by atoms with van der Waals surface area (Å²) in [6, 6.07) is 22.2. The van der Waals surface area contributed by atoms with Gasteiger partial charge in [-0.1, -0.05) is 68.0 Å². The van der Waals surface area contributed by atoms with Gasteiger partial charge in [0, 0.05) is 29.4 Å². The number of methoxy groups -OCH3 is 1. The second-order valence-electron chi connectivity index (χ2n) is 11.6. The maximum atomic E-state index is 6.74. The number of anilines is 1. The number of ether oxygens (including phenoxy) is 4. The molecule has 1 heterocycles. The van der Waals surface area contributed by atoms with E-state index in [1.807, 2.05) is 36.4 Å². The number of hydrogen-bond acceptors (Lipinski definition) is 5. The average molecular weight is 564 g/mol. The lowest BCUT2D eigenvalue weighted by Crippen LogP contribution is -2.51. The summed E-state index contributed by atoms with van der Waals surface area (Å²) in [5, 5.41) is 4.28. The molecule has 2 unspecified atom stereocenters. The molecule has 0 saturated heterocycles. The van der Waals surface area contributed by atoms with Crippen molar-refractivity contribution < 1.29 is 18.9 Å². The van der Waals surface area contributed by atoms with Gasteiger partial charge in [-0.2, -0.15) is 0 Å². The quantitative estimate of drug-likeness (QED) is 0.253. The van der Waals surface area contributed by atoms with Crippen LogP contribution in [-0.2, 0) is 22.6 Å². The summed E-state index contributed by atoms with van der Waals surface area (Å²) < 4.78 is 25.2. The van der Waals surface area contributed by atoms with Crippen LogP contribution in [0.25, 0.3) is 0 Å². The monoisotopic (exact) mass is 563 g/mol. The Hall–Kier alpha value is -2.73. The zero-order chi connectivity index (χ0) is 28.0. The van der Waals surface area contributed by atoms with Crippen molar-refractivity contribution in [2.75, 3.05) is 19.0 Å². The zero-order valence-corrected chi connectivity index (χ0v) is 24.7. The summed E-state index contributed by atoms with van der Waals surface area (Å²) in [6.45, 7) is 6.03. The van der Waals surface area contributed by atoms with E-state index in [-0.39, 0.29) is 12.2 Å². The second kappa shape index (κ2) is 13.3. The first-order chi connectivity index (χ1) is 19.4. The molecule has 0 spiro atoms. The van der Waals surface area contributed by atoms with E-state index in [1.54, 1.807) is 7.11 Å². The number of rotatable bonds is 11. The Balaban J connectivity index is 1.35. The van der Waals surface area contributed by atoms with Crippen LogP contribution in [0.15, 0.2) is 66.7 Å². The number of nitrogens with one attached hydrogen (secondary N) is 1. The molecule has 214 valence electrons. The summed E-state index contributed by atoms with van der Waals surface area (Å²) in [5.74, 6) is 2.46. The van der Waals surface area contributed by atoms with Crippen LogP contribution in [0.3, 0.4) is 0 Å². The van der Waals surface area contributed by atoms with Crippen LogP contribution in [0, 0.1) is 5.92 Å². The van der Waals surface area contributed by atoms with E-state index in [2.05, 4.69) is 49.5 Å². The summed E-state index contributed by atoms with van der Waals surface area (Å²) >= 11 is 6.25. The lowest BCUT2D eigenvalue weighted by molar-refractivity contribution is -0.168. The molecule has 3 aromatic carbocycles.